The lowest BCUT2D eigenvalue weighted by molar-refractivity contribution is -0.384. The van der Waals surface area contributed by atoms with Crippen LogP contribution in [0, 0.1) is 21.4 Å². The molecular formula is C11H12N4O4. The van der Waals surface area contributed by atoms with Crippen LogP contribution in [0.3, 0.4) is 0 Å². The third-order valence-electron chi connectivity index (χ3n) is 2.22. The van der Waals surface area contributed by atoms with Gasteiger partial charge in [0.25, 0.3) is 0 Å². The summed E-state index contributed by atoms with van der Waals surface area (Å²) in [5.74, 6) is -0.689. The maximum atomic E-state index is 11.4. The SMILES string of the molecule is CCOC(=O)C(C)Nc1nccc(C#N)c1[N+](=O)[O-]. The third-order valence-corrected chi connectivity index (χ3v) is 2.22. The number of nitrogens with one attached hydrogen (secondary N) is 1. The van der Waals surface area contributed by atoms with Crippen LogP contribution in [0.25, 0.3) is 0 Å². The molecule has 0 aliphatic heterocycles. The normalized spacial score (nSPS) is 11.2. The van der Waals surface area contributed by atoms with Gasteiger partial charge in [0.05, 0.1) is 11.5 Å². The van der Waals surface area contributed by atoms with Gasteiger partial charge in [-0.25, -0.2) is 9.78 Å². The number of aromatic nitrogens is 1. The summed E-state index contributed by atoms with van der Waals surface area (Å²) in [7, 11) is 0. The van der Waals surface area contributed by atoms with Gasteiger partial charge in [-0.1, -0.05) is 0 Å². The minimum atomic E-state index is -0.805. The van der Waals surface area contributed by atoms with Crippen LogP contribution in [0.15, 0.2) is 12.3 Å². The van der Waals surface area contributed by atoms with Crippen molar-refractivity contribution in [3.8, 4) is 6.07 Å². The van der Waals surface area contributed by atoms with E-state index >= 15 is 0 Å². The number of pyridine rings is 1. The Labute approximate surface area is 109 Å². The minimum Gasteiger partial charge on any atom is -0.464 e. The van der Waals surface area contributed by atoms with E-state index in [9.17, 15) is 14.9 Å². The van der Waals surface area contributed by atoms with E-state index in [1.807, 2.05) is 0 Å². The van der Waals surface area contributed by atoms with Crippen LogP contribution in [0.1, 0.15) is 19.4 Å². The summed E-state index contributed by atoms with van der Waals surface area (Å²) in [5, 5.41) is 22.3. The van der Waals surface area contributed by atoms with Gasteiger partial charge in [-0.2, -0.15) is 5.26 Å². The molecule has 0 saturated heterocycles. The molecule has 0 aliphatic rings. The molecule has 0 bridgehead atoms. The first kappa shape index (κ1) is 14.4. The topological polar surface area (TPSA) is 118 Å². The second-order valence-electron chi connectivity index (χ2n) is 3.54. The van der Waals surface area contributed by atoms with Crippen LogP contribution < -0.4 is 5.32 Å². The molecular weight excluding hydrogens is 252 g/mol. The predicted molar refractivity (Wildman–Crippen MR) is 65.3 cm³/mol. The van der Waals surface area contributed by atoms with E-state index < -0.39 is 22.6 Å². The highest BCUT2D eigenvalue weighted by atomic mass is 16.6. The Balaban J connectivity index is 3.05. The van der Waals surface area contributed by atoms with Crippen molar-refractivity contribution in [2.24, 2.45) is 0 Å². The summed E-state index contributed by atoms with van der Waals surface area (Å²) in [6.45, 7) is 3.35. The van der Waals surface area contributed by atoms with Crippen molar-refractivity contribution in [1.82, 2.24) is 4.98 Å². The molecule has 1 rings (SSSR count). The molecule has 0 aromatic carbocycles. The van der Waals surface area contributed by atoms with Crippen molar-refractivity contribution >= 4 is 17.5 Å². The number of carbonyl (C=O) groups is 1. The van der Waals surface area contributed by atoms with Crippen LogP contribution in [0.5, 0.6) is 0 Å². The summed E-state index contributed by atoms with van der Waals surface area (Å²) in [6, 6.07) is 2.14. The Hall–Kier alpha value is -2.69. The van der Waals surface area contributed by atoms with Crippen LogP contribution in [0.2, 0.25) is 0 Å². The molecule has 8 nitrogen and oxygen atoms in total. The summed E-state index contributed by atoms with van der Waals surface area (Å²) >= 11 is 0. The average Bonchev–Trinajstić information content (AvgIpc) is 2.38. The van der Waals surface area contributed by atoms with Gasteiger partial charge in [-0.3, -0.25) is 10.1 Å². The fourth-order valence-electron chi connectivity index (χ4n) is 1.37. The van der Waals surface area contributed by atoms with Gasteiger partial charge in [-0.05, 0) is 19.9 Å². The number of nitriles is 1. The average molecular weight is 264 g/mol. The molecule has 0 saturated carbocycles. The number of carbonyl (C=O) groups excluding carboxylic acids is 1. The molecule has 1 heterocycles. The molecule has 1 aromatic rings. The second-order valence-corrected chi connectivity index (χ2v) is 3.54. The zero-order valence-corrected chi connectivity index (χ0v) is 10.4. The second kappa shape index (κ2) is 6.30. The van der Waals surface area contributed by atoms with Gasteiger partial charge < -0.3 is 10.1 Å². The molecule has 100 valence electrons. The van der Waals surface area contributed by atoms with E-state index in [-0.39, 0.29) is 18.0 Å². The molecule has 19 heavy (non-hydrogen) atoms. The van der Waals surface area contributed by atoms with Crippen molar-refractivity contribution in [2.75, 3.05) is 11.9 Å². The third kappa shape index (κ3) is 3.38. The fraction of sp³-hybridized carbons (Fsp3) is 0.364. The van der Waals surface area contributed by atoms with Crippen LogP contribution in [-0.2, 0) is 9.53 Å². The van der Waals surface area contributed by atoms with Crippen LogP contribution in [-0.4, -0.2) is 28.5 Å². The van der Waals surface area contributed by atoms with E-state index in [4.69, 9.17) is 10.00 Å². The predicted octanol–water partition coefficient (Wildman–Crippen LogP) is 1.22. The Bertz CT molecular complexity index is 538. The maximum Gasteiger partial charge on any atom is 0.328 e. The Morgan fingerprint density at radius 2 is 2.42 bits per heavy atom. The number of hydrogen-bond donors (Lipinski definition) is 1. The Kier molecular flexibility index (Phi) is 4.76. The fourth-order valence-corrected chi connectivity index (χ4v) is 1.37. The molecule has 1 atom stereocenters. The molecule has 0 spiro atoms. The Morgan fingerprint density at radius 1 is 1.74 bits per heavy atom. The van der Waals surface area contributed by atoms with E-state index in [1.165, 1.54) is 19.2 Å². The van der Waals surface area contributed by atoms with Gasteiger partial charge >= 0.3 is 11.7 Å². The Morgan fingerprint density at radius 3 is 2.95 bits per heavy atom. The number of nitro groups is 1. The first-order chi connectivity index (χ1) is 9.01. The lowest BCUT2D eigenvalue weighted by Gasteiger charge is -2.13. The largest absolute Gasteiger partial charge is 0.464 e. The number of nitrogens with zero attached hydrogens (tertiary/aromatic N) is 3. The summed E-state index contributed by atoms with van der Waals surface area (Å²) in [6.07, 6.45) is 1.26. The zero-order chi connectivity index (χ0) is 14.4. The standard InChI is InChI=1S/C11H12N4O4/c1-3-19-11(16)7(2)14-10-9(15(17)18)8(6-12)4-5-13-10/h4-5,7H,3H2,1-2H3,(H,13,14). The van der Waals surface area contributed by atoms with Gasteiger partial charge in [0.15, 0.2) is 0 Å². The first-order valence-corrected chi connectivity index (χ1v) is 5.47. The highest BCUT2D eigenvalue weighted by molar-refractivity contribution is 5.80. The van der Waals surface area contributed by atoms with E-state index in [0.29, 0.717) is 0 Å². The van der Waals surface area contributed by atoms with Gasteiger partial charge in [0.2, 0.25) is 5.82 Å². The van der Waals surface area contributed by atoms with Crippen molar-refractivity contribution < 1.29 is 14.5 Å². The van der Waals surface area contributed by atoms with Crippen molar-refractivity contribution in [1.29, 1.82) is 5.26 Å². The number of esters is 1. The number of anilines is 1. The van der Waals surface area contributed by atoms with E-state index in [1.54, 1.807) is 13.0 Å². The minimum absolute atomic E-state index is 0.126. The number of ether oxygens (including phenoxy) is 1. The first-order valence-electron chi connectivity index (χ1n) is 5.47. The summed E-state index contributed by atoms with van der Waals surface area (Å²) in [4.78, 5) is 25.4. The zero-order valence-electron chi connectivity index (χ0n) is 10.4. The van der Waals surface area contributed by atoms with Crippen molar-refractivity contribution in [3.63, 3.8) is 0 Å². The van der Waals surface area contributed by atoms with Crippen molar-refractivity contribution in [2.45, 2.75) is 19.9 Å². The molecule has 1 unspecified atom stereocenters. The lowest BCUT2D eigenvalue weighted by Crippen LogP contribution is -2.29. The van der Waals surface area contributed by atoms with Crippen molar-refractivity contribution in [3.05, 3.63) is 27.9 Å². The molecule has 0 radical (unpaired) electrons. The van der Waals surface area contributed by atoms with Gasteiger partial charge in [0, 0.05) is 6.20 Å². The van der Waals surface area contributed by atoms with Gasteiger partial charge in [0.1, 0.15) is 17.7 Å². The lowest BCUT2D eigenvalue weighted by atomic mass is 10.2. The smallest absolute Gasteiger partial charge is 0.328 e. The molecule has 1 aromatic heterocycles. The summed E-state index contributed by atoms with van der Waals surface area (Å²) in [5.41, 5.74) is -0.584. The van der Waals surface area contributed by atoms with Gasteiger partial charge in [-0.15, -0.1) is 0 Å². The molecule has 0 amide bonds. The number of hydrogen-bond acceptors (Lipinski definition) is 7. The molecule has 0 fully saturated rings. The quantitative estimate of drug-likeness (QED) is 0.482. The number of rotatable bonds is 5. The monoisotopic (exact) mass is 264 g/mol. The highest BCUT2D eigenvalue weighted by Crippen LogP contribution is 2.26. The highest BCUT2D eigenvalue weighted by Gasteiger charge is 2.24. The van der Waals surface area contributed by atoms with Crippen LogP contribution in [0.4, 0.5) is 11.5 Å². The molecule has 0 aliphatic carbocycles. The van der Waals surface area contributed by atoms with Crippen LogP contribution >= 0.6 is 0 Å². The molecule has 1 N–H and O–H groups in total. The maximum absolute atomic E-state index is 11.4. The molecule has 8 heteroatoms. The van der Waals surface area contributed by atoms with E-state index in [0.717, 1.165) is 0 Å². The summed E-state index contributed by atoms with van der Waals surface area (Å²) < 4.78 is 4.77. The van der Waals surface area contributed by atoms with E-state index in [2.05, 4.69) is 10.3 Å².